The Balaban J connectivity index is 1.47. The fraction of sp³-hybridized carbons (Fsp3) is 0.435. The highest BCUT2D eigenvalue weighted by atomic mass is 16.3. The smallest absolute Gasteiger partial charge is 0.187 e. The fourth-order valence-electron chi connectivity index (χ4n) is 3.71. The minimum atomic E-state index is -0.618. The molecule has 0 spiro atoms. The number of piperidine rings is 1. The van der Waals surface area contributed by atoms with Gasteiger partial charge in [0.2, 0.25) is 0 Å². The quantitative estimate of drug-likeness (QED) is 0.786. The number of hydrogen-bond acceptors (Lipinski definition) is 3. The molecule has 1 aliphatic rings. The molecule has 4 heteroatoms. The summed E-state index contributed by atoms with van der Waals surface area (Å²) in [7, 11) is 2.06. The molecule has 0 aromatic heterocycles. The first-order valence-electron chi connectivity index (χ1n) is 9.66. The van der Waals surface area contributed by atoms with Crippen LogP contribution in [0.3, 0.4) is 0 Å². The van der Waals surface area contributed by atoms with Gasteiger partial charge in [-0.15, -0.1) is 0 Å². The number of rotatable bonds is 6. The summed E-state index contributed by atoms with van der Waals surface area (Å²) in [5.74, 6) is 0. The molecule has 0 aliphatic carbocycles. The van der Waals surface area contributed by atoms with Gasteiger partial charge in [-0.1, -0.05) is 42.0 Å². The van der Waals surface area contributed by atoms with Crippen LogP contribution < -0.4 is 4.90 Å². The van der Waals surface area contributed by atoms with E-state index in [9.17, 15) is 5.11 Å². The summed E-state index contributed by atoms with van der Waals surface area (Å²) in [6, 6.07) is 16.3. The van der Waals surface area contributed by atoms with Crippen LogP contribution in [0.2, 0.25) is 0 Å². The summed E-state index contributed by atoms with van der Waals surface area (Å²) in [6.45, 7) is 12.6. The molecule has 1 fully saturated rings. The van der Waals surface area contributed by atoms with E-state index in [4.69, 9.17) is 6.57 Å². The van der Waals surface area contributed by atoms with Crippen LogP contribution in [0, 0.1) is 13.5 Å². The minimum Gasteiger partial charge on any atom is -0.388 e. The van der Waals surface area contributed by atoms with E-state index in [-0.39, 0.29) is 0 Å². The van der Waals surface area contributed by atoms with Crippen LogP contribution in [0.4, 0.5) is 11.4 Å². The molecule has 0 amide bonds. The lowest BCUT2D eigenvalue weighted by atomic mass is 9.90. The fourth-order valence-corrected chi connectivity index (χ4v) is 3.71. The van der Waals surface area contributed by atoms with Gasteiger partial charge in [0.25, 0.3) is 0 Å². The van der Waals surface area contributed by atoms with Gasteiger partial charge in [0.1, 0.15) is 0 Å². The first-order valence-corrected chi connectivity index (χ1v) is 9.66. The van der Waals surface area contributed by atoms with Crippen molar-refractivity contribution in [2.75, 3.05) is 38.1 Å². The summed E-state index contributed by atoms with van der Waals surface area (Å²) in [5, 5.41) is 11.0. The first kappa shape index (κ1) is 19.4. The zero-order valence-corrected chi connectivity index (χ0v) is 16.4. The monoisotopic (exact) mass is 363 g/mol. The van der Waals surface area contributed by atoms with Crippen molar-refractivity contribution in [3.63, 3.8) is 0 Å². The summed E-state index contributed by atoms with van der Waals surface area (Å²) in [6.07, 6.45) is 2.60. The van der Waals surface area contributed by atoms with Gasteiger partial charge >= 0.3 is 0 Å². The Kier molecular flexibility index (Phi) is 6.15. The van der Waals surface area contributed by atoms with Crippen molar-refractivity contribution in [3.05, 3.63) is 71.1 Å². The van der Waals surface area contributed by atoms with Crippen LogP contribution in [0.15, 0.2) is 48.5 Å². The van der Waals surface area contributed by atoms with Gasteiger partial charge in [0.15, 0.2) is 5.69 Å². The van der Waals surface area contributed by atoms with Gasteiger partial charge in [0, 0.05) is 38.9 Å². The summed E-state index contributed by atoms with van der Waals surface area (Å²) in [4.78, 5) is 8.03. The van der Waals surface area contributed by atoms with E-state index in [1.807, 2.05) is 24.3 Å². The van der Waals surface area contributed by atoms with Crippen LogP contribution >= 0.6 is 0 Å². The molecule has 0 unspecified atom stereocenters. The average molecular weight is 364 g/mol. The molecule has 2 aromatic carbocycles. The van der Waals surface area contributed by atoms with E-state index in [1.54, 1.807) is 0 Å². The van der Waals surface area contributed by atoms with Gasteiger partial charge in [-0.25, -0.2) is 4.85 Å². The van der Waals surface area contributed by atoms with E-state index in [2.05, 4.69) is 52.9 Å². The van der Waals surface area contributed by atoms with Gasteiger partial charge in [0.05, 0.1) is 12.2 Å². The van der Waals surface area contributed by atoms with Crippen molar-refractivity contribution >= 4 is 11.4 Å². The van der Waals surface area contributed by atoms with Crippen LogP contribution in [0.25, 0.3) is 4.85 Å². The number of likely N-dealkylation sites (tertiary alicyclic amines) is 1. The molecule has 0 radical (unpaired) electrons. The Morgan fingerprint density at radius 3 is 2.30 bits per heavy atom. The topological polar surface area (TPSA) is 31.1 Å². The minimum absolute atomic E-state index is 0.618. The predicted octanol–water partition coefficient (Wildman–Crippen LogP) is 4.05. The summed E-state index contributed by atoms with van der Waals surface area (Å²) >= 11 is 0. The van der Waals surface area contributed by atoms with Crippen molar-refractivity contribution in [2.24, 2.45) is 0 Å². The molecule has 1 heterocycles. The molecule has 1 saturated heterocycles. The molecule has 0 saturated carbocycles. The molecule has 3 rings (SSSR count). The number of anilines is 1. The number of benzene rings is 2. The highest BCUT2D eigenvalue weighted by molar-refractivity contribution is 5.47. The zero-order chi connectivity index (χ0) is 19.3. The van der Waals surface area contributed by atoms with Crippen LogP contribution in [-0.4, -0.2) is 48.8 Å². The van der Waals surface area contributed by atoms with E-state index in [0.717, 1.165) is 44.6 Å². The van der Waals surface area contributed by atoms with Crippen molar-refractivity contribution in [2.45, 2.75) is 31.8 Å². The molecule has 4 nitrogen and oxygen atoms in total. The second kappa shape index (κ2) is 8.56. The van der Waals surface area contributed by atoms with Crippen LogP contribution in [0.5, 0.6) is 0 Å². The van der Waals surface area contributed by atoms with Gasteiger partial charge in [-0.2, -0.15) is 0 Å². The predicted molar refractivity (Wildman–Crippen MR) is 111 cm³/mol. The van der Waals surface area contributed by atoms with E-state index < -0.39 is 5.60 Å². The molecule has 27 heavy (non-hydrogen) atoms. The number of aryl methyl sites for hydroxylation is 1. The van der Waals surface area contributed by atoms with Crippen LogP contribution in [-0.2, 0) is 6.42 Å². The molecule has 142 valence electrons. The molecule has 2 aromatic rings. The Hall–Kier alpha value is -2.35. The maximum Gasteiger partial charge on any atom is 0.187 e. The Morgan fingerprint density at radius 2 is 1.70 bits per heavy atom. The maximum atomic E-state index is 11.0. The van der Waals surface area contributed by atoms with Crippen molar-refractivity contribution in [3.8, 4) is 0 Å². The van der Waals surface area contributed by atoms with Crippen molar-refractivity contribution in [1.82, 2.24) is 4.90 Å². The standard InChI is InChI=1S/C23H29N3O/c1-19-4-10-22(11-5-19)25(3)18-23(27)13-16-26(17-14-23)15-12-20-6-8-21(24-2)9-7-20/h4-11,27H,12-18H2,1,3H3. The highest BCUT2D eigenvalue weighted by Gasteiger charge is 2.33. The van der Waals surface area contributed by atoms with Gasteiger partial charge in [-0.05, 0) is 43.9 Å². The summed E-state index contributed by atoms with van der Waals surface area (Å²) in [5.41, 5.74) is 3.75. The second-order valence-electron chi connectivity index (χ2n) is 7.79. The zero-order valence-electron chi connectivity index (χ0n) is 16.4. The van der Waals surface area contributed by atoms with Gasteiger partial charge in [-0.3, -0.25) is 0 Å². The largest absolute Gasteiger partial charge is 0.388 e. The third kappa shape index (κ3) is 5.32. The normalized spacial score (nSPS) is 16.7. The lowest BCUT2D eigenvalue weighted by molar-refractivity contribution is -0.0137. The lowest BCUT2D eigenvalue weighted by Gasteiger charge is -2.40. The molecule has 0 bridgehead atoms. The maximum absolute atomic E-state index is 11.0. The molecule has 1 N–H and O–H groups in total. The number of aliphatic hydroxyl groups is 1. The Bertz CT molecular complexity index is 769. The number of nitrogens with zero attached hydrogens (tertiary/aromatic N) is 3. The molecular weight excluding hydrogens is 334 g/mol. The molecular formula is C23H29N3O. The van der Waals surface area contributed by atoms with E-state index in [1.165, 1.54) is 11.1 Å². The molecule has 1 aliphatic heterocycles. The van der Waals surface area contributed by atoms with Crippen molar-refractivity contribution < 1.29 is 5.11 Å². The van der Waals surface area contributed by atoms with E-state index in [0.29, 0.717) is 12.2 Å². The van der Waals surface area contributed by atoms with Crippen molar-refractivity contribution in [1.29, 1.82) is 0 Å². The second-order valence-corrected chi connectivity index (χ2v) is 7.79. The van der Waals surface area contributed by atoms with E-state index >= 15 is 0 Å². The lowest BCUT2D eigenvalue weighted by Crippen LogP contribution is -2.50. The Morgan fingerprint density at radius 1 is 1.07 bits per heavy atom. The van der Waals surface area contributed by atoms with Crippen LogP contribution in [0.1, 0.15) is 24.0 Å². The highest BCUT2D eigenvalue weighted by Crippen LogP contribution is 2.26. The third-order valence-corrected chi connectivity index (χ3v) is 5.58. The SMILES string of the molecule is [C-]#[N+]c1ccc(CCN2CCC(O)(CN(C)c3ccc(C)cc3)CC2)cc1. The van der Waals surface area contributed by atoms with Gasteiger partial charge < -0.3 is 14.9 Å². The first-order chi connectivity index (χ1) is 13.0. The number of likely N-dealkylation sites (N-methyl/N-ethyl adjacent to an activating group) is 1. The third-order valence-electron chi connectivity index (χ3n) is 5.58. The Labute approximate surface area is 162 Å². The number of hydrogen-bond donors (Lipinski definition) is 1. The molecule has 0 atom stereocenters. The average Bonchev–Trinajstić information content (AvgIpc) is 2.68. The summed E-state index contributed by atoms with van der Waals surface area (Å²) < 4.78 is 0.